The lowest BCUT2D eigenvalue weighted by atomic mass is 9.93. The van der Waals surface area contributed by atoms with Crippen LogP contribution in [-0.2, 0) is 17.8 Å². The summed E-state index contributed by atoms with van der Waals surface area (Å²) in [6.45, 7) is 4.14. The highest BCUT2D eigenvalue weighted by atomic mass is 16.5. The highest BCUT2D eigenvalue weighted by Crippen LogP contribution is 2.34. The average molecular weight is 376 g/mol. The molecule has 28 heavy (non-hydrogen) atoms. The number of ether oxygens (including phenoxy) is 2. The fourth-order valence-electron chi connectivity index (χ4n) is 3.11. The van der Waals surface area contributed by atoms with Gasteiger partial charge in [0.15, 0.2) is 0 Å². The molecular formula is C22H20N2O4. The number of carbonyl (C=O) groups is 1. The van der Waals surface area contributed by atoms with Crippen molar-refractivity contribution in [3.05, 3.63) is 76.4 Å². The second kappa shape index (κ2) is 8.40. The molecule has 6 heteroatoms. The fraction of sp³-hybridized carbons (Fsp3) is 0.227. The number of hydrogen-bond acceptors (Lipinski definition) is 5. The van der Waals surface area contributed by atoms with Crippen LogP contribution in [0.1, 0.15) is 51.7 Å². The second-order valence-electron chi connectivity index (χ2n) is 6.35. The summed E-state index contributed by atoms with van der Waals surface area (Å²) in [5.74, 6) is -0.702. The van der Waals surface area contributed by atoms with Crippen LogP contribution in [0.15, 0.2) is 42.9 Å². The smallest absolute Gasteiger partial charge is 0.335 e. The topological polar surface area (TPSA) is 92.4 Å². The van der Waals surface area contributed by atoms with Crippen molar-refractivity contribution in [2.24, 2.45) is 0 Å². The zero-order valence-corrected chi connectivity index (χ0v) is 15.7. The van der Waals surface area contributed by atoms with Crippen molar-refractivity contribution in [1.29, 1.82) is 5.26 Å². The highest BCUT2D eigenvalue weighted by Gasteiger charge is 2.21. The number of aromatic nitrogens is 1. The third-order valence-corrected chi connectivity index (χ3v) is 4.58. The van der Waals surface area contributed by atoms with E-state index in [1.54, 1.807) is 24.7 Å². The first kappa shape index (κ1) is 19.2. The number of nitriles is 1. The summed E-state index contributed by atoms with van der Waals surface area (Å²) in [6, 6.07) is 8.65. The first-order valence-electron chi connectivity index (χ1n) is 8.93. The average Bonchev–Trinajstić information content (AvgIpc) is 2.73. The van der Waals surface area contributed by atoms with Gasteiger partial charge in [-0.25, -0.2) is 9.78 Å². The maximum Gasteiger partial charge on any atom is 0.335 e. The standard InChI is InChI=1S/C22H20N2O4/c1-3-19-14(2)20(17-5-4-10-27-13-17)18(11-23)21(24-19)28-12-15-6-8-16(9-7-15)22(25)26/h4,6-10,13H,3,5,12H2,1-2H3,(H,25,26). The van der Waals surface area contributed by atoms with Crippen molar-refractivity contribution in [3.8, 4) is 11.9 Å². The Labute approximate surface area is 163 Å². The Morgan fingerprint density at radius 3 is 2.68 bits per heavy atom. The molecule has 6 nitrogen and oxygen atoms in total. The summed E-state index contributed by atoms with van der Waals surface area (Å²) in [7, 11) is 0. The van der Waals surface area contributed by atoms with Crippen LogP contribution >= 0.6 is 0 Å². The van der Waals surface area contributed by atoms with E-state index in [0.717, 1.165) is 28.0 Å². The Hall–Kier alpha value is -3.59. The molecule has 0 unspecified atom stereocenters. The van der Waals surface area contributed by atoms with E-state index in [9.17, 15) is 10.1 Å². The number of carboxylic acids is 1. The molecule has 0 saturated heterocycles. The molecule has 142 valence electrons. The molecule has 0 fully saturated rings. The van der Waals surface area contributed by atoms with Crippen molar-refractivity contribution in [2.75, 3.05) is 0 Å². The van der Waals surface area contributed by atoms with Crippen molar-refractivity contribution in [1.82, 2.24) is 4.98 Å². The number of nitrogens with zero attached hydrogens (tertiary/aromatic N) is 2. The van der Waals surface area contributed by atoms with Gasteiger partial charge < -0.3 is 14.6 Å². The van der Waals surface area contributed by atoms with Crippen LogP contribution < -0.4 is 4.74 Å². The lowest BCUT2D eigenvalue weighted by Gasteiger charge is -2.18. The van der Waals surface area contributed by atoms with Crippen molar-refractivity contribution < 1.29 is 19.4 Å². The zero-order chi connectivity index (χ0) is 20.1. The van der Waals surface area contributed by atoms with E-state index in [-0.39, 0.29) is 18.1 Å². The molecule has 2 heterocycles. The van der Waals surface area contributed by atoms with Crippen molar-refractivity contribution >= 4 is 11.5 Å². The van der Waals surface area contributed by atoms with Gasteiger partial charge in [-0.2, -0.15) is 5.26 Å². The van der Waals surface area contributed by atoms with Gasteiger partial charge in [0.05, 0.1) is 18.1 Å². The summed E-state index contributed by atoms with van der Waals surface area (Å²) in [5, 5.41) is 18.8. The van der Waals surface area contributed by atoms with E-state index in [4.69, 9.17) is 14.6 Å². The maximum atomic E-state index is 11.0. The molecule has 0 bridgehead atoms. The third-order valence-electron chi connectivity index (χ3n) is 4.58. The highest BCUT2D eigenvalue weighted by molar-refractivity contribution is 5.87. The monoisotopic (exact) mass is 376 g/mol. The first-order valence-corrected chi connectivity index (χ1v) is 8.93. The van der Waals surface area contributed by atoms with Crippen molar-refractivity contribution in [2.45, 2.75) is 33.3 Å². The molecule has 0 spiro atoms. The molecule has 0 atom stereocenters. The molecule has 1 N–H and O–H groups in total. The van der Waals surface area contributed by atoms with Gasteiger partial charge in [-0.3, -0.25) is 0 Å². The predicted molar refractivity (Wildman–Crippen MR) is 104 cm³/mol. The number of hydrogen-bond donors (Lipinski definition) is 1. The quantitative estimate of drug-likeness (QED) is 0.804. The minimum absolute atomic E-state index is 0.183. The minimum Gasteiger partial charge on any atom is -0.478 e. The Morgan fingerprint density at radius 2 is 2.11 bits per heavy atom. The van der Waals surface area contributed by atoms with Crippen LogP contribution in [0.25, 0.3) is 5.57 Å². The molecule has 0 radical (unpaired) electrons. The van der Waals surface area contributed by atoms with E-state index in [0.29, 0.717) is 18.4 Å². The molecule has 1 aliphatic heterocycles. The summed E-state index contributed by atoms with van der Waals surface area (Å²) in [6.07, 6.45) is 6.53. The third kappa shape index (κ3) is 3.89. The Kier molecular flexibility index (Phi) is 5.75. The Bertz CT molecular complexity index is 999. The lowest BCUT2D eigenvalue weighted by Crippen LogP contribution is -2.08. The van der Waals surface area contributed by atoms with Crippen LogP contribution in [0, 0.1) is 18.3 Å². The van der Waals surface area contributed by atoms with Gasteiger partial charge in [-0.15, -0.1) is 0 Å². The second-order valence-corrected chi connectivity index (χ2v) is 6.35. The van der Waals surface area contributed by atoms with E-state index < -0.39 is 5.97 Å². The molecule has 2 aromatic rings. The fourth-order valence-corrected chi connectivity index (χ4v) is 3.11. The predicted octanol–water partition coefficient (Wildman–Crippen LogP) is 4.38. The molecule has 0 aliphatic carbocycles. The first-order chi connectivity index (χ1) is 13.5. The van der Waals surface area contributed by atoms with E-state index in [1.165, 1.54) is 12.1 Å². The number of aromatic carboxylic acids is 1. The maximum absolute atomic E-state index is 11.0. The lowest BCUT2D eigenvalue weighted by molar-refractivity contribution is 0.0697. The van der Waals surface area contributed by atoms with E-state index in [2.05, 4.69) is 11.1 Å². The summed E-state index contributed by atoms with van der Waals surface area (Å²) in [5.41, 5.74) is 4.89. The number of benzene rings is 1. The zero-order valence-electron chi connectivity index (χ0n) is 15.7. The molecule has 1 aromatic heterocycles. The molecule has 0 amide bonds. The number of carboxylic acid groups (broad SMARTS) is 1. The SMILES string of the molecule is CCc1nc(OCc2ccc(C(=O)O)cc2)c(C#N)c(C2=COC=CC2)c1C. The minimum atomic E-state index is -0.978. The largest absolute Gasteiger partial charge is 0.478 e. The van der Waals surface area contributed by atoms with Crippen LogP contribution in [-0.4, -0.2) is 16.1 Å². The normalized spacial score (nSPS) is 12.7. The van der Waals surface area contributed by atoms with Gasteiger partial charge in [0, 0.05) is 16.8 Å². The Morgan fingerprint density at radius 1 is 1.36 bits per heavy atom. The van der Waals surface area contributed by atoms with Gasteiger partial charge >= 0.3 is 5.97 Å². The van der Waals surface area contributed by atoms with Gasteiger partial charge in [-0.1, -0.05) is 19.1 Å². The van der Waals surface area contributed by atoms with Crippen LogP contribution in [0.5, 0.6) is 5.88 Å². The molecule has 1 aromatic carbocycles. The molecule has 1 aliphatic rings. The number of allylic oxidation sites excluding steroid dienone is 2. The summed E-state index contributed by atoms with van der Waals surface area (Å²) in [4.78, 5) is 15.5. The van der Waals surface area contributed by atoms with Gasteiger partial charge in [0.25, 0.3) is 0 Å². The van der Waals surface area contributed by atoms with Crippen LogP contribution in [0.4, 0.5) is 0 Å². The van der Waals surface area contributed by atoms with Crippen LogP contribution in [0.2, 0.25) is 0 Å². The van der Waals surface area contributed by atoms with Gasteiger partial charge in [0.2, 0.25) is 5.88 Å². The van der Waals surface area contributed by atoms with E-state index in [1.807, 2.05) is 19.9 Å². The number of pyridine rings is 1. The summed E-state index contributed by atoms with van der Waals surface area (Å²) >= 11 is 0. The molecule has 0 saturated carbocycles. The Balaban J connectivity index is 1.95. The van der Waals surface area contributed by atoms with E-state index >= 15 is 0 Å². The van der Waals surface area contributed by atoms with Crippen LogP contribution in [0.3, 0.4) is 0 Å². The summed E-state index contributed by atoms with van der Waals surface area (Å²) < 4.78 is 11.2. The van der Waals surface area contributed by atoms with Crippen molar-refractivity contribution in [3.63, 3.8) is 0 Å². The van der Waals surface area contributed by atoms with Gasteiger partial charge in [0.1, 0.15) is 18.2 Å². The van der Waals surface area contributed by atoms with Gasteiger partial charge in [-0.05, 0) is 49.1 Å². The number of aryl methyl sites for hydroxylation is 1. The molecular weight excluding hydrogens is 356 g/mol. The number of rotatable bonds is 6. The molecule has 3 rings (SSSR count).